The van der Waals surface area contributed by atoms with Gasteiger partial charge in [-0.15, -0.1) is 0 Å². The van der Waals surface area contributed by atoms with Crippen molar-refractivity contribution in [3.8, 4) is 0 Å². The van der Waals surface area contributed by atoms with Crippen LogP contribution in [0, 0.1) is 0 Å². The molecule has 0 atom stereocenters. The second kappa shape index (κ2) is 4.12. The summed E-state index contributed by atoms with van der Waals surface area (Å²) in [5.41, 5.74) is 0.698. The fourth-order valence-corrected chi connectivity index (χ4v) is 1.72. The van der Waals surface area contributed by atoms with Crippen molar-refractivity contribution in [1.29, 1.82) is 0 Å². The van der Waals surface area contributed by atoms with Gasteiger partial charge in [-0.2, -0.15) is 4.99 Å². The van der Waals surface area contributed by atoms with Crippen molar-refractivity contribution < 1.29 is 4.79 Å². The van der Waals surface area contributed by atoms with E-state index in [-0.39, 0.29) is 20.7 Å². The van der Waals surface area contributed by atoms with Crippen LogP contribution < -0.4 is 0 Å². The van der Waals surface area contributed by atoms with E-state index < -0.39 is 0 Å². The van der Waals surface area contributed by atoms with Gasteiger partial charge < -0.3 is 0 Å². The molecule has 1 aliphatic rings. The Morgan fingerprint density at radius 2 is 2.60 bits per heavy atom. The molecule has 3 heteroatoms. The van der Waals surface area contributed by atoms with E-state index in [2.05, 4.69) is 8.66 Å². The highest BCUT2D eigenvalue weighted by molar-refractivity contribution is 14.2. The Morgan fingerprint density at radius 3 is 3.40 bits per heavy atom. The number of aliphatic imine (C=N–C) groups is 1. The van der Waals surface area contributed by atoms with E-state index in [0.29, 0.717) is 5.70 Å². The number of isocyanates is 1. The Labute approximate surface area is 68.4 Å². The Morgan fingerprint density at radius 1 is 1.70 bits per heavy atom. The van der Waals surface area contributed by atoms with E-state index in [9.17, 15) is 4.79 Å². The van der Waals surface area contributed by atoms with E-state index in [1.807, 2.05) is 16.2 Å². The molecule has 0 saturated carbocycles. The molecule has 0 spiro atoms. The summed E-state index contributed by atoms with van der Waals surface area (Å²) in [6, 6.07) is 0. The van der Waals surface area contributed by atoms with Crippen LogP contribution in [0.1, 0.15) is 0 Å². The monoisotopic (exact) mass is 245 g/mol. The van der Waals surface area contributed by atoms with Crippen LogP contribution in [-0.4, -0.2) is 9.75 Å². The standard InChI is InChI=1S/C7H4INO/c10-6-9-7-3-1-2-4-8-5-7/h1-3,5H. The summed E-state index contributed by atoms with van der Waals surface area (Å²) in [7, 11) is 0. The summed E-state index contributed by atoms with van der Waals surface area (Å²) in [6.45, 7) is 0. The molecule has 1 heterocycles. The Hall–Kier alpha value is -0.760. The first-order valence-electron chi connectivity index (χ1n) is 2.59. The van der Waals surface area contributed by atoms with Crippen LogP contribution in [-0.2, 0) is 4.79 Å². The number of rotatable bonds is 1. The SMILES string of the molecule is O=C=NC1=CI=C=CC=C1. The average Bonchev–Trinajstić information content (AvgIpc) is 2.17. The van der Waals surface area contributed by atoms with E-state index in [1.54, 1.807) is 6.08 Å². The van der Waals surface area contributed by atoms with Crippen LogP contribution in [0.15, 0.2) is 33.0 Å². The van der Waals surface area contributed by atoms with E-state index in [4.69, 9.17) is 0 Å². The fraction of sp³-hybridized carbons (Fsp3) is 0. The molecule has 0 aromatic heterocycles. The summed E-state index contributed by atoms with van der Waals surface area (Å²) in [5.74, 6) is 0. The minimum atomic E-state index is -0.168. The van der Waals surface area contributed by atoms with Crippen molar-refractivity contribution in [2.45, 2.75) is 0 Å². The highest BCUT2D eigenvalue weighted by Gasteiger charge is 1.85. The molecule has 0 radical (unpaired) electrons. The Balaban J connectivity index is 2.91. The van der Waals surface area contributed by atoms with Crippen LogP contribution in [0.25, 0.3) is 0 Å². The van der Waals surface area contributed by atoms with Gasteiger partial charge in [0.25, 0.3) is 0 Å². The first kappa shape index (κ1) is 7.35. The number of allylic oxidation sites excluding steroid dienone is 3. The van der Waals surface area contributed by atoms with Gasteiger partial charge in [-0.3, -0.25) is 0 Å². The average molecular weight is 245 g/mol. The molecule has 50 valence electrons. The van der Waals surface area contributed by atoms with Crippen LogP contribution in [0.3, 0.4) is 0 Å². The Bertz CT molecular complexity index is 289. The molecule has 0 bridgehead atoms. The first-order chi connectivity index (χ1) is 4.93. The molecule has 0 unspecified atom stereocenters. The summed E-state index contributed by atoms with van der Waals surface area (Å²) >= 11 is -0.168. The molecule has 0 fully saturated rings. The predicted octanol–water partition coefficient (Wildman–Crippen LogP) is 1.66. The minimum absolute atomic E-state index is 0.168. The van der Waals surface area contributed by atoms with E-state index >= 15 is 0 Å². The lowest BCUT2D eigenvalue weighted by Gasteiger charge is -1.80. The summed E-state index contributed by atoms with van der Waals surface area (Å²) in [6.07, 6.45) is 6.93. The molecule has 2 nitrogen and oxygen atoms in total. The van der Waals surface area contributed by atoms with Gasteiger partial charge >= 0.3 is 0 Å². The summed E-state index contributed by atoms with van der Waals surface area (Å²) < 4.78 is 4.99. The normalized spacial score (nSPS) is 14.6. The van der Waals surface area contributed by atoms with Gasteiger partial charge in [0.1, 0.15) is 0 Å². The molecular formula is C7H4INO. The van der Waals surface area contributed by atoms with Crippen molar-refractivity contribution in [2.24, 2.45) is 4.99 Å². The molecular weight excluding hydrogens is 241 g/mol. The highest BCUT2D eigenvalue weighted by atomic mass is 127. The first-order valence-corrected chi connectivity index (χ1v) is 4.92. The third-order valence-electron chi connectivity index (χ3n) is 0.830. The van der Waals surface area contributed by atoms with Crippen molar-refractivity contribution in [3.05, 3.63) is 28.0 Å². The van der Waals surface area contributed by atoms with Crippen LogP contribution in [0.2, 0.25) is 0 Å². The van der Waals surface area contributed by atoms with Gasteiger partial charge in [-0.05, 0) is 32.9 Å². The predicted molar refractivity (Wildman–Crippen MR) is 48.9 cm³/mol. The van der Waals surface area contributed by atoms with Crippen LogP contribution in [0.5, 0.6) is 0 Å². The zero-order valence-corrected chi connectivity index (χ0v) is 7.20. The van der Waals surface area contributed by atoms with Crippen molar-refractivity contribution in [3.63, 3.8) is 0 Å². The van der Waals surface area contributed by atoms with E-state index in [0.717, 1.165) is 0 Å². The molecule has 0 N–H and O–H groups in total. The molecule has 1 aliphatic heterocycles. The zero-order valence-electron chi connectivity index (χ0n) is 5.04. The highest BCUT2D eigenvalue weighted by Crippen LogP contribution is 2.08. The van der Waals surface area contributed by atoms with Crippen molar-refractivity contribution in [2.75, 3.05) is 0 Å². The maximum atomic E-state index is 9.80. The lowest BCUT2D eigenvalue weighted by atomic mass is 10.4. The third kappa shape index (κ3) is 2.23. The molecule has 0 aromatic rings. The molecule has 10 heavy (non-hydrogen) atoms. The van der Waals surface area contributed by atoms with E-state index in [1.165, 1.54) is 6.08 Å². The van der Waals surface area contributed by atoms with Gasteiger partial charge in [-0.1, -0.05) is 9.74 Å². The quantitative estimate of drug-likeness (QED) is 0.392. The third-order valence-corrected chi connectivity index (χ3v) is 2.50. The largest absolute Gasteiger partial charge is 0.240 e. The molecule has 0 saturated heterocycles. The Kier molecular flexibility index (Phi) is 3.03. The van der Waals surface area contributed by atoms with Gasteiger partial charge in [0.2, 0.25) is 6.08 Å². The number of hydrogen-bond acceptors (Lipinski definition) is 2. The van der Waals surface area contributed by atoms with Gasteiger partial charge in [0.05, 0.1) is 5.70 Å². The lowest BCUT2D eigenvalue weighted by molar-refractivity contribution is 0.565. The van der Waals surface area contributed by atoms with Crippen molar-refractivity contribution >= 4 is 30.5 Å². The number of halogens is 1. The summed E-state index contributed by atoms with van der Waals surface area (Å²) in [4.78, 5) is 13.3. The number of hydrogen-bond donors (Lipinski definition) is 0. The second-order valence-electron chi connectivity index (χ2n) is 1.48. The number of carbonyl (C=O) groups excluding carboxylic acids is 1. The molecule has 0 aliphatic carbocycles. The maximum absolute atomic E-state index is 9.80. The fourth-order valence-electron chi connectivity index (χ4n) is 0.458. The lowest BCUT2D eigenvalue weighted by Crippen LogP contribution is -1.65. The van der Waals surface area contributed by atoms with Crippen LogP contribution >= 0.6 is 20.7 Å². The van der Waals surface area contributed by atoms with Gasteiger partial charge in [0.15, 0.2) is 0 Å². The molecule has 0 amide bonds. The zero-order chi connectivity index (χ0) is 7.23. The van der Waals surface area contributed by atoms with Crippen molar-refractivity contribution in [1.82, 2.24) is 0 Å². The minimum Gasteiger partial charge on any atom is -0.211 e. The topological polar surface area (TPSA) is 29.4 Å². The van der Waals surface area contributed by atoms with Crippen LogP contribution in [0.4, 0.5) is 0 Å². The molecule has 0 aromatic carbocycles. The smallest absolute Gasteiger partial charge is 0.211 e. The van der Waals surface area contributed by atoms with Gasteiger partial charge in [0, 0.05) is 4.08 Å². The molecule has 1 rings (SSSR count). The maximum Gasteiger partial charge on any atom is 0.240 e. The summed E-state index contributed by atoms with van der Waals surface area (Å²) in [5, 5.41) is 0. The number of nitrogens with zero attached hydrogens (tertiary/aromatic N) is 1. The van der Waals surface area contributed by atoms with Gasteiger partial charge in [-0.25, -0.2) is 4.79 Å². The second-order valence-corrected chi connectivity index (χ2v) is 3.35.